The third-order valence-corrected chi connectivity index (χ3v) is 5.69. The van der Waals surface area contributed by atoms with E-state index in [-0.39, 0.29) is 11.5 Å². The molecule has 176 valence electrons. The predicted molar refractivity (Wildman–Crippen MR) is 124 cm³/mol. The van der Waals surface area contributed by atoms with Gasteiger partial charge in [-0.2, -0.15) is 13.2 Å². The summed E-state index contributed by atoms with van der Waals surface area (Å²) in [5.74, 6) is 0. The lowest BCUT2D eigenvalue weighted by Gasteiger charge is -2.35. The molecule has 1 fully saturated rings. The van der Waals surface area contributed by atoms with Crippen LogP contribution in [0, 0.1) is 5.41 Å². The number of hydrogen-bond acceptors (Lipinski definition) is 3. The van der Waals surface area contributed by atoms with E-state index in [2.05, 4.69) is 30.6 Å². The summed E-state index contributed by atoms with van der Waals surface area (Å²) in [4.78, 5) is 4.49. The highest BCUT2D eigenvalue weighted by Crippen LogP contribution is 2.32. The van der Waals surface area contributed by atoms with Gasteiger partial charge in [-0.25, -0.2) is 0 Å². The van der Waals surface area contributed by atoms with Crippen molar-refractivity contribution in [3.63, 3.8) is 0 Å². The van der Waals surface area contributed by atoms with Crippen molar-refractivity contribution in [2.75, 3.05) is 37.7 Å². The van der Waals surface area contributed by atoms with Crippen molar-refractivity contribution >= 4 is 5.69 Å². The van der Waals surface area contributed by atoms with Crippen molar-refractivity contribution in [3.8, 4) is 0 Å². The van der Waals surface area contributed by atoms with Crippen molar-refractivity contribution in [2.24, 2.45) is 5.41 Å². The van der Waals surface area contributed by atoms with Crippen LogP contribution in [0.3, 0.4) is 0 Å². The molecular formula is C26H35F3N2O. The third kappa shape index (κ3) is 7.52. The number of likely N-dealkylation sites (tertiary alicyclic amines) is 1. The lowest BCUT2D eigenvalue weighted by molar-refractivity contribution is -0.137. The molecule has 0 aromatic heterocycles. The zero-order valence-corrected chi connectivity index (χ0v) is 19.4. The van der Waals surface area contributed by atoms with Crippen LogP contribution in [0.5, 0.6) is 0 Å². The number of halogens is 3. The highest BCUT2D eigenvalue weighted by molar-refractivity contribution is 5.50. The zero-order chi connectivity index (χ0) is 23.2. The van der Waals surface area contributed by atoms with Crippen molar-refractivity contribution in [1.82, 2.24) is 4.90 Å². The minimum Gasteiger partial charge on any atom is -0.379 e. The highest BCUT2D eigenvalue weighted by Gasteiger charge is 2.31. The maximum Gasteiger partial charge on any atom is 0.416 e. The molecule has 3 rings (SSSR count). The predicted octanol–water partition coefficient (Wildman–Crippen LogP) is 6.24. The second-order valence-electron chi connectivity index (χ2n) is 9.89. The Balaban J connectivity index is 1.85. The molecule has 0 aliphatic carbocycles. The van der Waals surface area contributed by atoms with Crippen LogP contribution in [0.1, 0.15) is 44.7 Å². The van der Waals surface area contributed by atoms with Crippen LogP contribution in [0.25, 0.3) is 0 Å². The van der Waals surface area contributed by atoms with E-state index < -0.39 is 11.7 Å². The van der Waals surface area contributed by atoms with E-state index in [0.717, 1.165) is 37.6 Å². The lowest BCUT2D eigenvalue weighted by Crippen LogP contribution is -2.46. The van der Waals surface area contributed by atoms with Gasteiger partial charge in [0.25, 0.3) is 0 Å². The van der Waals surface area contributed by atoms with Crippen LogP contribution >= 0.6 is 0 Å². The number of benzene rings is 2. The first-order valence-electron chi connectivity index (χ1n) is 11.4. The third-order valence-electron chi connectivity index (χ3n) is 5.69. The molecule has 1 aliphatic heterocycles. The fraction of sp³-hybridized carbons (Fsp3) is 0.538. The van der Waals surface area contributed by atoms with Crippen molar-refractivity contribution in [2.45, 2.75) is 52.4 Å². The van der Waals surface area contributed by atoms with Crippen molar-refractivity contribution in [1.29, 1.82) is 0 Å². The largest absolute Gasteiger partial charge is 0.416 e. The van der Waals surface area contributed by atoms with Crippen LogP contribution in [-0.4, -0.2) is 43.8 Å². The van der Waals surface area contributed by atoms with Gasteiger partial charge in [0, 0.05) is 18.8 Å². The molecule has 0 saturated carbocycles. The smallest absolute Gasteiger partial charge is 0.379 e. The van der Waals surface area contributed by atoms with E-state index in [1.165, 1.54) is 12.1 Å². The van der Waals surface area contributed by atoms with Crippen LogP contribution in [0.2, 0.25) is 0 Å². The summed E-state index contributed by atoms with van der Waals surface area (Å²) in [6.07, 6.45) is -2.06. The SMILES string of the molecule is CC(C)(C)COCC(CN(Cc1ccccc1)c1cccc(C(F)(F)F)c1)N1CCCC1. The van der Waals surface area contributed by atoms with Crippen LogP contribution < -0.4 is 4.90 Å². The summed E-state index contributed by atoms with van der Waals surface area (Å²) in [6.45, 7) is 10.8. The maximum atomic E-state index is 13.4. The monoisotopic (exact) mass is 448 g/mol. The number of anilines is 1. The fourth-order valence-corrected chi connectivity index (χ4v) is 4.08. The fourth-order valence-electron chi connectivity index (χ4n) is 4.08. The van der Waals surface area contributed by atoms with Gasteiger partial charge in [-0.1, -0.05) is 57.2 Å². The van der Waals surface area contributed by atoms with E-state index in [4.69, 9.17) is 4.74 Å². The molecule has 3 nitrogen and oxygen atoms in total. The minimum atomic E-state index is -4.36. The molecule has 32 heavy (non-hydrogen) atoms. The van der Waals surface area contributed by atoms with Gasteiger partial charge in [0.2, 0.25) is 0 Å². The number of nitrogens with zero attached hydrogens (tertiary/aromatic N) is 2. The normalized spacial score (nSPS) is 16.3. The molecule has 1 heterocycles. The molecule has 1 atom stereocenters. The number of hydrogen-bond donors (Lipinski definition) is 0. The first-order valence-corrected chi connectivity index (χ1v) is 11.4. The Labute approximate surface area is 190 Å². The van der Waals surface area contributed by atoms with Crippen molar-refractivity contribution < 1.29 is 17.9 Å². The van der Waals surface area contributed by atoms with Gasteiger partial charge in [-0.3, -0.25) is 4.90 Å². The van der Waals surface area contributed by atoms with Gasteiger partial charge >= 0.3 is 6.18 Å². The van der Waals surface area contributed by atoms with Crippen LogP contribution in [-0.2, 0) is 17.5 Å². The van der Waals surface area contributed by atoms with Gasteiger partial charge in [0.1, 0.15) is 0 Å². The summed E-state index contributed by atoms with van der Waals surface area (Å²) < 4.78 is 46.3. The second-order valence-corrected chi connectivity index (χ2v) is 9.89. The Hall–Kier alpha value is -2.05. The molecule has 0 amide bonds. The van der Waals surface area contributed by atoms with E-state index in [1.807, 2.05) is 30.3 Å². The Morgan fingerprint density at radius 2 is 1.66 bits per heavy atom. The molecule has 0 spiro atoms. The molecule has 6 heteroatoms. The molecule has 0 N–H and O–H groups in total. The first-order chi connectivity index (χ1) is 15.1. The van der Waals surface area contributed by atoms with Gasteiger partial charge in [0.15, 0.2) is 0 Å². The van der Waals surface area contributed by atoms with Crippen LogP contribution in [0.4, 0.5) is 18.9 Å². The number of ether oxygens (including phenoxy) is 1. The standard InChI is InChI=1S/C26H35F3N2O/c1-25(2,3)20-32-19-24(30-14-7-8-15-30)18-31(17-21-10-5-4-6-11-21)23-13-9-12-22(16-23)26(27,28)29/h4-6,9-13,16,24H,7-8,14-15,17-20H2,1-3H3. The number of alkyl halides is 3. The average molecular weight is 449 g/mol. The molecule has 1 saturated heterocycles. The zero-order valence-electron chi connectivity index (χ0n) is 19.4. The van der Waals surface area contributed by atoms with E-state index in [0.29, 0.717) is 32.0 Å². The summed E-state index contributed by atoms with van der Waals surface area (Å²) in [5, 5.41) is 0. The quantitative estimate of drug-likeness (QED) is 0.452. The molecule has 2 aromatic rings. The van der Waals surface area contributed by atoms with E-state index in [9.17, 15) is 13.2 Å². The summed E-state index contributed by atoms with van der Waals surface area (Å²) in [5.41, 5.74) is 1.11. The topological polar surface area (TPSA) is 15.7 Å². The Bertz CT molecular complexity index is 827. The lowest BCUT2D eigenvalue weighted by atomic mass is 9.99. The molecule has 1 unspecified atom stereocenters. The maximum absolute atomic E-state index is 13.4. The van der Waals surface area contributed by atoms with E-state index >= 15 is 0 Å². The minimum absolute atomic E-state index is 0.0698. The van der Waals surface area contributed by atoms with Crippen molar-refractivity contribution in [3.05, 3.63) is 65.7 Å². The summed E-state index contributed by atoms with van der Waals surface area (Å²) >= 11 is 0. The molecular weight excluding hydrogens is 413 g/mol. The highest BCUT2D eigenvalue weighted by atomic mass is 19.4. The van der Waals surface area contributed by atoms with Gasteiger partial charge < -0.3 is 9.64 Å². The Morgan fingerprint density at radius 3 is 2.28 bits per heavy atom. The Morgan fingerprint density at radius 1 is 0.969 bits per heavy atom. The number of rotatable bonds is 9. The molecule has 2 aromatic carbocycles. The Kier molecular flexibility index (Phi) is 8.23. The van der Waals surface area contributed by atoms with E-state index in [1.54, 1.807) is 6.07 Å². The molecule has 1 aliphatic rings. The molecule has 0 bridgehead atoms. The van der Waals surface area contributed by atoms with Crippen LogP contribution in [0.15, 0.2) is 54.6 Å². The summed E-state index contributed by atoms with van der Waals surface area (Å²) in [6, 6.07) is 15.7. The van der Waals surface area contributed by atoms with Gasteiger partial charge in [-0.05, 0) is 55.1 Å². The first kappa shape index (κ1) is 24.6. The van der Waals surface area contributed by atoms with Gasteiger partial charge in [0.05, 0.1) is 24.8 Å². The molecule has 0 radical (unpaired) electrons. The average Bonchev–Trinajstić information content (AvgIpc) is 3.26. The summed E-state index contributed by atoms with van der Waals surface area (Å²) in [7, 11) is 0. The second kappa shape index (κ2) is 10.7. The van der Waals surface area contributed by atoms with Gasteiger partial charge in [-0.15, -0.1) is 0 Å².